The number of para-hydroxylation sites is 1. The maximum atomic E-state index is 12.7. The van der Waals surface area contributed by atoms with E-state index in [1.54, 1.807) is 35.0 Å². The third-order valence-corrected chi connectivity index (χ3v) is 7.22. The molecule has 1 aliphatic rings. The summed E-state index contributed by atoms with van der Waals surface area (Å²) < 4.78 is 34.2. The first kappa shape index (κ1) is 21.4. The van der Waals surface area contributed by atoms with Gasteiger partial charge in [-0.2, -0.15) is 4.31 Å². The Balaban J connectivity index is 1.45. The molecular weight excluding hydrogens is 436 g/mol. The quantitative estimate of drug-likeness (QED) is 0.554. The average Bonchev–Trinajstić information content (AvgIpc) is 3.20. The minimum atomic E-state index is -3.54. The summed E-state index contributed by atoms with van der Waals surface area (Å²) in [5.41, 5.74) is 1.97. The van der Waals surface area contributed by atoms with E-state index in [9.17, 15) is 13.2 Å². The van der Waals surface area contributed by atoms with E-state index in [4.69, 9.17) is 17.0 Å². The predicted molar refractivity (Wildman–Crippen MR) is 118 cm³/mol. The zero-order valence-corrected chi connectivity index (χ0v) is 18.3. The summed E-state index contributed by atoms with van der Waals surface area (Å²) in [6.45, 7) is 1.75. The fourth-order valence-electron chi connectivity index (χ4n) is 3.36. The Bertz CT molecular complexity index is 1210. The molecule has 1 aliphatic heterocycles. The number of carbonyl (C=O) groups excluding carboxylic acids is 1. The first-order chi connectivity index (χ1) is 15.0. The number of ether oxygens (including phenoxy) is 1. The van der Waals surface area contributed by atoms with Gasteiger partial charge in [-0.3, -0.25) is 9.36 Å². The van der Waals surface area contributed by atoms with Gasteiger partial charge in [0, 0.05) is 31.5 Å². The molecule has 1 fully saturated rings. The third kappa shape index (κ3) is 4.62. The lowest BCUT2D eigenvalue weighted by Gasteiger charge is -2.26. The number of imidazole rings is 1. The second kappa shape index (κ2) is 9.15. The molecule has 2 N–H and O–H groups in total. The number of carbonyl (C=O) groups is 1. The van der Waals surface area contributed by atoms with E-state index in [1.807, 2.05) is 30.3 Å². The number of hydrogen-bond donors (Lipinski definition) is 2. The maximum Gasteiger partial charge on any atom is 0.270 e. The SMILES string of the molecule is O=C(NCc1ccc(S(=O)(=O)N2CCOCC2)cc1)c1c[nH]c(=S)n1-c1ccccc1. The van der Waals surface area contributed by atoms with Crippen molar-refractivity contribution in [3.05, 3.63) is 76.8 Å². The minimum Gasteiger partial charge on any atom is -0.379 e. The van der Waals surface area contributed by atoms with Crippen LogP contribution in [0.1, 0.15) is 16.1 Å². The topological polar surface area (TPSA) is 96.4 Å². The normalized spacial score (nSPS) is 15.0. The lowest BCUT2D eigenvalue weighted by molar-refractivity contribution is 0.0730. The second-order valence-electron chi connectivity index (χ2n) is 6.99. The highest BCUT2D eigenvalue weighted by molar-refractivity contribution is 7.89. The van der Waals surface area contributed by atoms with Crippen LogP contribution in [0.25, 0.3) is 5.69 Å². The molecule has 2 aromatic carbocycles. The van der Waals surface area contributed by atoms with E-state index in [2.05, 4.69) is 10.3 Å². The molecule has 10 heteroatoms. The van der Waals surface area contributed by atoms with Gasteiger partial charge in [-0.25, -0.2) is 8.42 Å². The van der Waals surface area contributed by atoms with Crippen LogP contribution in [0, 0.1) is 4.77 Å². The number of sulfonamides is 1. The molecule has 0 saturated carbocycles. The Morgan fingerprint density at radius 2 is 1.74 bits per heavy atom. The Morgan fingerprint density at radius 3 is 2.42 bits per heavy atom. The van der Waals surface area contributed by atoms with Crippen LogP contribution in [0.2, 0.25) is 0 Å². The average molecular weight is 459 g/mol. The molecule has 162 valence electrons. The number of amides is 1. The van der Waals surface area contributed by atoms with Gasteiger partial charge in [-0.05, 0) is 42.0 Å². The van der Waals surface area contributed by atoms with Crippen molar-refractivity contribution in [1.29, 1.82) is 0 Å². The Morgan fingerprint density at radius 1 is 1.06 bits per heavy atom. The molecule has 0 aliphatic carbocycles. The van der Waals surface area contributed by atoms with Gasteiger partial charge >= 0.3 is 0 Å². The number of H-pyrrole nitrogens is 1. The van der Waals surface area contributed by atoms with Crippen molar-refractivity contribution >= 4 is 28.1 Å². The van der Waals surface area contributed by atoms with Crippen LogP contribution in [-0.4, -0.2) is 54.5 Å². The molecule has 0 atom stereocenters. The summed E-state index contributed by atoms with van der Waals surface area (Å²) in [7, 11) is -3.54. The second-order valence-corrected chi connectivity index (χ2v) is 9.32. The first-order valence-corrected chi connectivity index (χ1v) is 11.6. The number of morpholine rings is 1. The molecule has 4 rings (SSSR count). The number of benzene rings is 2. The van der Waals surface area contributed by atoms with Gasteiger partial charge in [0.05, 0.1) is 18.1 Å². The number of hydrogen-bond acceptors (Lipinski definition) is 5. The van der Waals surface area contributed by atoms with Gasteiger partial charge in [0.15, 0.2) is 4.77 Å². The first-order valence-electron chi connectivity index (χ1n) is 9.78. The summed E-state index contributed by atoms with van der Waals surface area (Å²) in [6.07, 6.45) is 1.57. The monoisotopic (exact) mass is 458 g/mol. The van der Waals surface area contributed by atoms with E-state index in [1.165, 1.54) is 4.31 Å². The molecule has 8 nitrogen and oxygen atoms in total. The number of aromatic nitrogens is 2. The zero-order valence-electron chi connectivity index (χ0n) is 16.7. The molecule has 1 aromatic heterocycles. The van der Waals surface area contributed by atoms with Gasteiger partial charge in [-0.1, -0.05) is 30.3 Å². The van der Waals surface area contributed by atoms with Crippen LogP contribution in [-0.2, 0) is 21.3 Å². The van der Waals surface area contributed by atoms with Gasteiger partial charge in [0.2, 0.25) is 10.0 Å². The van der Waals surface area contributed by atoms with Crippen molar-refractivity contribution in [2.45, 2.75) is 11.4 Å². The molecule has 0 bridgehead atoms. The fourth-order valence-corrected chi connectivity index (χ4v) is 5.03. The summed E-state index contributed by atoms with van der Waals surface area (Å²) in [5, 5.41) is 2.86. The van der Waals surface area contributed by atoms with Crippen molar-refractivity contribution in [2.75, 3.05) is 26.3 Å². The molecule has 0 radical (unpaired) electrons. The highest BCUT2D eigenvalue weighted by atomic mass is 32.2. The van der Waals surface area contributed by atoms with E-state index in [-0.39, 0.29) is 17.3 Å². The van der Waals surface area contributed by atoms with Gasteiger partial charge in [0.25, 0.3) is 5.91 Å². The van der Waals surface area contributed by atoms with E-state index in [0.717, 1.165) is 11.3 Å². The molecular formula is C21H22N4O4S2. The van der Waals surface area contributed by atoms with Gasteiger partial charge in [0.1, 0.15) is 5.69 Å². The molecule has 0 unspecified atom stereocenters. The number of aromatic amines is 1. The largest absolute Gasteiger partial charge is 0.379 e. The van der Waals surface area contributed by atoms with Crippen molar-refractivity contribution < 1.29 is 17.9 Å². The standard InChI is InChI=1S/C21H22N4O4S2/c26-20(19-15-23-21(30)25(19)17-4-2-1-3-5-17)22-14-16-6-8-18(9-7-16)31(27,28)24-10-12-29-13-11-24/h1-9,15H,10-14H2,(H,22,26)(H,23,30). The summed E-state index contributed by atoms with van der Waals surface area (Å²) in [6, 6.07) is 15.9. The Kier molecular flexibility index (Phi) is 6.33. The Hall–Kier alpha value is -2.79. The van der Waals surface area contributed by atoms with E-state index in [0.29, 0.717) is 36.8 Å². The van der Waals surface area contributed by atoms with Crippen LogP contribution < -0.4 is 5.32 Å². The lowest BCUT2D eigenvalue weighted by Crippen LogP contribution is -2.40. The molecule has 3 aromatic rings. The fraction of sp³-hybridized carbons (Fsp3) is 0.238. The molecule has 1 amide bonds. The van der Waals surface area contributed by atoms with Crippen LogP contribution in [0.15, 0.2) is 65.7 Å². The van der Waals surface area contributed by atoms with Gasteiger partial charge < -0.3 is 15.0 Å². The van der Waals surface area contributed by atoms with Crippen molar-refractivity contribution in [3.8, 4) is 5.69 Å². The number of nitrogens with one attached hydrogen (secondary N) is 2. The molecule has 0 spiro atoms. The van der Waals surface area contributed by atoms with Crippen molar-refractivity contribution in [3.63, 3.8) is 0 Å². The smallest absolute Gasteiger partial charge is 0.270 e. The van der Waals surface area contributed by atoms with Crippen molar-refractivity contribution in [1.82, 2.24) is 19.2 Å². The number of rotatable bonds is 6. The number of nitrogens with zero attached hydrogens (tertiary/aromatic N) is 2. The highest BCUT2D eigenvalue weighted by Crippen LogP contribution is 2.18. The zero-order chi connectivity index (χ0) is 21.8. The van der Waals surface area contributed by atoms with Crippen LogP contribution in [0.4, 0.5) is 0 Å². The molecule has 31 heavy (non-hydrogen) atoms. The third-order valence-electron chi connectivity index (χ3n) is 5.01. The molecule has 2 heterocycles. The summed E-state index contributed by atoms with van der Waals surface area (Å²) in [5.74, 6) is -0.291. The van der Waals surface area contributed by atoms with Gasteiger partial charge in [-0.15, -0.1) is 0 Å². The van der Waals surface area contributed by atoms with Crippen LogP contribution in [0.3, 0.4) is 0 Å². The summed E-state index contributed by atoms with van der Waals surface area (Å²) in [4.78, 5) is 15.9. The highest BCUT2D eigenvalue weighted by Gasteiger charge is 2.26. The predicted octanol–water partition coefficient (Wildman–Crippen LogP) is 2.49. The maximum absolute atomic E-state index is 12.7. The Labute approximate surface area is 185 Å². The van der Waals surface area contributed by atoms with Crippen LogP contribution in [0.5, 0.6) is 0 Å². The lowest BCUT2D eigenvalue weighted by atomic mass is 10.2. The summed E-state index contributed by atoms with van der Waals surface area (Å²) >= 11 is 5.31. The molecule has 1 saturated heterocycles. The van der Waals surface area contributed by atoms with Crippen molar-refractivity contribution in [2.24, 2.45) is 0 Å². The van der Waals surface area contributed by atoms with E-state index >= 15 is 0 Å². The van der Waals surface area contributed by atoms with Crippen LogP contribution >= 0.6 is 12.2 Å². The minimum absolute atomic E-state index is 0.229. The van der Waals surface area contributed by atoms with E-state index < -0.39 is 10.0 Å².